The molecule has 9 heteroatoms. The molecular weight excluding hydrogens is 334 g/mol. The fraction of sp³-hybridized carbons (Fsp3) is 0.571. The van der Waals surface area contributed by atoms with Crippen molar-refractivity contribution in [2.45, 2.75) is 13.0 Å². The van der Waals surface area contributed by atoms with Crippen LogP contribution in [0.25, 0.3) is 0 Å². The molecule has 2 aromatic heterocycles. The lowest BCUT2D eigenvalue weighted by Crippen LogP contribution is -2.34. The maximum atomic E-state index is 12.0. The summed E-state index contributed by atoms with van der Waals surface area (Å²) < 4.78 is 5.92. The Kier molecular flexibility index (Phi) is 4.00. The summed E-state index contributed by atoms with van der Waals surface area (Å²) in [6, 6.07) is 0. The number of amides is 1. The quantitative estimate of drug-likeness (QED) is 0.891. The lowest BCUT2D eigenvalue weighted by Gasteiger charge is -2.18. The van der Waals surface area contributed by atoms with Crippen molar-refractivity contribution in [2.24, 2.45) is 11.8 Å². The highest BCUT2D eigenvalue weighted by Gasteiger charge is 2.44. The van der Waals surface area contributed by atoms with Crippen LogP contribution in [-0.2, 0) is 4.74 Å². The van der Waals surface area contributed by atoms with Crippen LogP contribution >= 0.6 is 22.7 Å². The number of fused-ring (bicyclic) bond motifs is 1. The molecule has 0 aliphatic carbocycles. The molecule has 2 aliphatic rings. The van der Waals surface area contributed by atoms with E-state index in [0.717, 1.165) is 23.2 Å². The van der Waals surface area contributed by atoms with Crippen LogP contribution in [0.4, 0.5) is 5.13 Å². The van der Waals surface area contributed by atoms with Crippen LogP contribution in [0.3, 0.4) is 0 Å². The van der Waals surface area contributed by atoms with Crippen molar-refractivity contribution in [3.63, 3.8) is 0 Å². The fourth-order valence-corrected chi connectivity index (χ4v) is 4.46. The number of carbonyl (C=O) groups excluding carboxylic acids is 1. The first-order chi connectivity index (χ1) is 11.2. The molecular formula is C14H17N5O2S2. The predicted molar refractivity (Wildman–Crippen MR) is 88.0 cm³/mol. The number of aryl methyl sites for hydroxylation is 1. The highest BCUT2D eigenvalue weighted by molar-refractivity contribution is 7.15. The number of hydrogen-bond donors (Lipinski definition) is 1. The number of anilines is 1. The standard InChI is InChI=1S/C14H17N5O2S2/c1-8-17-18-14(23-8)19-3-10-9(5-21-12(10)4-19)2-15-13(20)11-6-22-7-16-11/h6-7,9-10,12H,2-5H2,1H3,(H,15,20)/t9-,10-,12-/m1/s1. The van der Waals surface area contributed by atoms with Crippen molar-refractivity contribution in [3.8, 4) is 0 Å². The van der Waals surface area contributed by atoms with Gasteiger partial charge in [-0.25, -0.2) is 4.98 Å². The van der Waals surface area contributed by atoms with E-state index in [9.17, 15) is 4.79 Å². The summed E-state index contributed by atoms with van der Waals surface area (Å²) in [7, 11) is 0. The molecule has 2 saturated heterocycles. The van der Waals surface area contributed by atoms with Gasteiger partial charge in [0, 0.05) is 36.9 Å². The van der Waals surface area contributed by atoms with Gasteiger partial charge in [0.15, 0.2) is 0 Å². The van der Waals surface area contributed by atoms with E-state index < -0.39 is 0 Å². The lowest BCUT2D eigenvalue weighted by atomic mass is 9.93. The first-order valence-corrected chi connectivity index (χ1v) is 9.29. The van der Waals surface area contributed by atoms with E-state index in [1.54, 1.807) is 22.2 Å². The number of nitrogens with one attached hydrogen (secondary N) is 1. The Hall–Kier alpha value is -1.58. The predicted octanol–water partition coefficient (Wildman–Crippen LogP) is 1.18. The van der Waals surface area contributed by atoms with E-state index in [2.05, 4.69) is 25.4 Å². The van der Waals surface area contributed by atoms with Crippen molar-refractivity contribution in [1.82, 2.24) is 20.5 Å². The first-order valence-electron chi connectivity index (χ1n) is 7.54. The molecule has 0 aromatic carbocycles. The van der Waals surface area contributed by atoms with Gasteiger partial charge in [-0.1, -0.05) is 11.3 Å². The number of carbonyl (C=O) groups is 1. The second-order valence-corrected chi connectivity index (χ2v) is 7.77. The number of ether oxygens (including phenoxy) is 1. The van der Waals surface area contributed by atoms with Gasteiger partial charge in [-0.3, -0.25) is 4.79 Å². The average molecular weight is 351 g/mol. The third-order valence-corrected chi connectivity index (χ3v) is 5.90. The second-order valence-electron chi connectivity index (χ2n) is 5.89. The SMILES string of the molecule is Cc1nnc(N2C[C@@H]3[C@H](CNC(=O)c4cscn4)CO[C@@H]3C2)s1. The minimum Gasteiger partial charge on any atom is -0.376 e. The molecule has 1 amide bonds. The van der Waals surface area contributed by atoms with E-state index in [-0.39, 0.29) is 12.0 Å². The first kappa shape index (κ1) is 15.0. The molecule has 2 aromatic rings. The summed E-state index contributed by atoms with van der Waals surface area (Å²) in [6.07, 6.45) is 0.223. The average Bonchev–Trinajstić information content (AvgIpc) is 3.29. The smallest absolute Gasteiger partial charge is 0.270 e. The lowest BCUT2D eigenvalue weighted by molar-refractivity contribution is 0.0935. The van der Waals surface area contributed by atoms with Crippen LogP contribution in [-0.4, -0.2) is 53.4 Å². The van der Waals surface area contributed by atoms with Crippen LogP contribution < -0.4 is 10.2 Å². The summed E-state index contributed by atoms with van der Waals surface area (Å²) >= 11 is 3.04. The van der Waals surface area contributed by atoms with Gasteiger partial charge in [0.05, 0.1) is 18.2 Å². The van der Waals surface area contributed by atoms with Crippen molar-refractivity contribution < 1.29 is 9.53 Å². The summed E-state index contributed by atoms with van der Waals surface area (Å²) in [5.41, 5.74) is 2.16. The van der Waals surface area contributed by atoms with Gasteiger partial charge < -0.3 is 15.0 Å². The normalized spacial score (nSPS) is 26.5. The Morgan fingerprint density at radius 3 is 3.13 bits per heavy atom. The van der Waals surface area contributed by atoms with E-state index >= 15 is 0 Å². The minimum absolute atomic E-state index is 0.107. The summed E-state index contributed by atoms with van der Waals surface area (Å²) in [6.45, 7) is 5.06. The van der Waals surface area contributed by atoms with Crippen molar-refractivity contribution in [1.29, 1.82) is 0 Å². The van der Waals surface area contributed by atoms with Crippen molar-refractivity contribution >= 4 is 33.7 Å². The summed E-state index contributed by atoms with van der Waals surface area (Å²) in [5.74, 6) is 0.654. The molecule has 3 atom stereocenters. The zero-order valence-corrected chi connectivity index (χ0v) is 14.3. The number of hydrogen-bond acceptors (Lipinski definition) is 8. The van der Waals surface area contributed by atoms with Gasteiger partial charge in [0.25, 0.3) is 5.91 Å². The van der Waals surface area contributed by atoms with Gasteiger partial charge in [-0.2, -0.15) is 0 Å². The molecule has 0 bridgehead atoms. The Bertz CT molecular complexity index is 689. The van der Waals surface area contributed by atoms with Crippen LogP contribution in [0.1, 0.15) is 15.5 Å². The van der Waals surface area contributed by atoms with Gasteiger partial charge in [0.1, 0.15) is 10.7 Å². The summed E-state index contributed by atoms with van der Waals surface area (Å²) in [5, 5.41) is 15.0. The maximum Gasteiger partial charge on any atom is 0.270 e. The molecule has 1 N–H and O–H groups in total. The van der Waals surface area contributed by atoms with E-state index in [4.69, 9.17) is 4.74 Å². The molecule has 0 spiro atoms. The van der Waals surface area contributed by atoms with Crippen LogP contribution in [0.2, 0.25) is 0 Å². The molecule has 2 aliphatic heterocycles. The molecule has 0 unspecified atom stereocenters. The molecule has 2 fully saturated rings. The van der Waals surface area contributed by atoms with Gasteiger partial charge in [0.2, 0.25) is 5.13 Å². The monoisotopic (exact) mass is 351 g/mol. The zero-order valence-electron chi connectivity index (χ0n) is 12.6. The van der Waals surface area contributed by atoms with Crippen LogP contribution in [0.5, 0.6) is 0 Å². The third-order valence-electron chi connectivity index (χ3n) is 4.41. The fourth-order valence-electron chi connectivity index (χ4n) is 3.22. The highest BCUT2D eigenvalue weighted by atomic mass is 32.1. The summed E-state index contributed by atoms with van der Waals surface area (Å²) in [4.78, 5) is 18.3. The second kappa shape index (κ2) is 6.14. The van der Waals surface area contributed by atoms with E-state index in [1.165, 1.54) is 11.3 Å². The van der Waals surface area contributed by atoms with E-state index in [1.807, 2.05) is 6.92 Å². The number of aromatic nitrogens is 3. The molecule has 23 heavy (non-hydrogen) atoms. The molecule has 122 valence electrons. The van der Waals surface area contributed by atoms with Gasteiger partial charge in [-0.05, 0) is 6.92 Å². The third kappa shape index (κ3) is 2.96. The van der Waals surface area contributed by atoms with E-state index in [0.29, 0.717) is 30.7 Å². The molecule has 4 rings (SSSR count). The number of thiazole rings is 1. The Morgan fingerprint density at radius 1 is 1.48 bits per heavy atom. The Morgan fingerprint density at radius 2 is 2.39 bits per heavy atom. The number of rotatable bonds is 4. The molecule has 0 saturated carbocycles. The Balaban J connectivity index is 1.35. The largest absolute Gasteiger partial charge is 0.376 e. The molecule has 7 nitrogen and oxygen atoms in total. The molecule has 4 heterocycles. The topological polar surface area (TPSA) is 80.2 Å². The Labute approximate surface area is 141 Å². The number of nitrogens with zero attached hydrogens (tertiary/aromatic N) is 4. The van der Waals surface area contributed by atoms with Crippen LogP contribution in [0, 0.1) is 18.8 Å². The van der Waals surface area contributed by atoms with Crippen LogP contribution in [0.15, 0.2) is 10.9 Å². The zero-order chi connectivity index (χ0) is 15.8. The van der Waals surface area contributed by atoms with Crippen molar-refractivity contribution in [3.05, 3.63) is 21.6 Å². The van der Waals surface area contributed by atoms with Gasteiger partial charge in [-0.15, -0.1) is 21.5 Å². The molecule has 0 radical (unpaired) electrons. The van der Waals surface area contributed by atoms with Gasteiger partial charge >= 0.3 is 0 Å². The highest BCUT2D eigenvalue weighted by Crippen LogP contribution is 2.36. The minimum atomic E-state index is -0.107. The maximum absolute atomic E-state index is 12.0. The van der Waals surface area contributed by atoms with Crippen molar-refractivity contribution in [2.75, 3.05) is 31.1 Å².